The van der Waals surface area contributed by atoms with Gasteiger partial charge in [-0.1, -0.05) is 48.5 Å². The Balaban J connectivity index is 1.31. The highest BCUT2D eigenvalue weighted by Gasteiger charge is 2.13. The van der Waals surface area contributed by atoms with Crippen molar-refractivity contribution in [3.63, 3.8) is 0 Å². The molecule has 0 radical (unpaired) electrons. The van der Waals surface area contributed by atoms with Gasteiger partial charge < -0.3 is 14.8 Å². The number of carbonyl (C=O) groups is 1. The first-order chi connectivity index (χ1) is 16.2. The molecular formula is C27H25N3O3. The molecule has 2 aromatic heterocycles. The van der Waals surface area contributed by atoms with Crippen LogP contribution >= 0.6 is 0 Å². The second kappa shape index (κ2) is 10.9. The lowest BCUT2D eigenvalue weighted by Crippen LogP contribution is -2.26. The molecule has 0 aliphatic heterocycles. The van der Waals surface area contributed by atoms with Crippen LogP contribution in [0.4, 0.5) is 0 Å². The summed E-state index contributed by atoms with van der Waals surface area (Å²) in [6, 6.07) is 24.5. The molecule has 4 rings (SSSR count). The van der Waals surface area contributed by atoms with E-state index in [2.05, 4.69) is 15.3 Å². The van der Waals surface area contributed by atoms with Crippen molar-refractivity contribution in [3.05, 3.63) is 120 Å². The smallest absolute Gasteiger partial charge is 0.252 e. The summed E-state index contributed by atoms with van der Waals surface area (Å²) in [5.41, 5.74) is 3.52. The second-order valence-corrected chi connectivity index (χ2v) is 7.57. The lowest BCUT2D eigenvalue weighted by atomic mass is 10.1. The number of carbonyl (C=O) groups excluding carboxylic acids is 1. The van der Waals surface area contributed by atoms with E-state index in [1.807, 2.05) is 73.7 Å². The molecule has 2 aromatic carbocycles. The Labute approximate surface area is 193 Å². The first kappa shape index (κ1) is 22.0. The van der Waals surface area contributed by atoms with Gasteiger partial charge in [0.15, 0.2) is 0 Å². The van der Waals surface area contributed by atoms with E-state index >= 15 is 0 Å². The van der Waals surface area contributed by atoms with Crippen molar-refractivity contribution in [2.75, 3.05) is 0 Å². The Morgan fingerprint density at radius 1 is 0.879 bits per heavy atom. The van der Waals surface area contributed by atoms with Gasteiger partial charge in [0.05, 0.1) is 6.04 Å². The molecule has 166 valence electrons. The largest absolute Gasteiger partial charge is 0.489 e. The molecule has 2 heterocycles. The first-order valence-corrected chi connectivity index (χ1v) is 10.7. The zero-order chi connectivity index (χ0) is 22.9. The number of benzene rings is 2. The van der Waals surface area contributed by atoms with E-state index in [0.717, 1.165) is 22.4 Å². The van der Waals surface area contributed by atoms with Gasteiger partial charge in [0, 0.05) is 35.8 Å². The highest BCUT2D eigenvalue weighted by Crippen LogP contribution is 2.20. The molecular weight excluding hydrogens is 414 g/mol. The number of ether oxygens (including phenoxy) is 2. The number of hydrogen-bond donors (Lipinski definition) is 1. The van der Waals surface area contributed by atoms with Gasteiger partial charge in [-0.15, -0.1) is 0 Å². The fourth-order valence-corrected chi connectivity index (χ4v) is 3.23. The molecule has 0 saturated heterocycles. The fourth-order valence-electron chi connectivity index (χ4n) is 3.23. The topological polar surface area (TPSA) is 73.3 Å². The zero-order valence-corrected chi connectivity index (χ0v) is 18.3. The molecule has 0 fully saturated rings. The van der Waals surface area contributed by atoms with Crippen LogP contribution in [0.2, 0.25) is 0 Å². The van der Waals surface area contributed by atoms with Crippen molar-refractivity contribution >= 4 is 5.91 Å². The van der Waals surface area contributed by atoms with Crippen LogP contribution in [0.15, 0.2) is 97.5 Å². The van der Waals surface area contributed by atoms with Gasteiger partial charge in [-0.05, 0) is 42.3 Å². The molecule has 33 heavy (non-hydrogen) atoms. The number of pyridine rings is 2. The summed E-state index contributed by atoms with van der Waals surface area (Å²) in [7, 11) is 0. The minimum absolute atomic E-state index is 0.174. The average molecular weight is 440 g/mol. The van der Waals surface area contributed by atoms with E-state index in [1.165, 1.54) is 0 Å². The summed E-state index contributed by atoms with van der Waals surface area (Å²) >= 11 is 0. The van der Waals surface area contributed by atoms with Crippen molar-refractivity contribution < 1.29 is 14.3 Å². The normalized spacial score (nSPS) is 11.4. The van der Waals surface area contributed by atoms with Gasteiger partial charge in [0.1, 0.15) is 19.0 Å². The number of amides is 1. The lowest BCUT2D eigenvalue weighted by molar-refractivity contribution is 0.0939. The van der Waals surface area contributed by atoms with Gasteiger partial charge in [-0.2, -0.15) is 0 Å². The van der Waals surface area contributed by atoms with Gasteiger partial charge in [0.25, 0.3) is 5.91 Å². The minimum Gasteiger partial charge on any atom is -0.489 e. The van der Waals surface area contributed by atoms with Crippen LogP contribution in [-0.2, 0) is 13.2 Å². The molecule has 0 aliphatic carbocycles. The number of nitrogens with zero attached hydrogens (tertiary/aromatic N) is 2. The third kappa shape index (κ3) is 6.40. The maximum absolute atomic E-state index is 12.8. The summed E-state index contributed by atoms with van der Waals surface area (Å²) < 4.78 is 11.5. The monoisotopic (exact) mass is 439 g/mol. The van der Waals surface area contributed by atoms with Crippen LogP contribution in [0.3, 0.4) is 0 Å². The van der Waals surface area contributed by atoms with Crippen molar-refractivity contribution in [1.29, 1.82) is 0 Å². The second-order valence-electron chi connectivity index (χ2n) is 7.57. The predicted octanol–water partition coefficient (Wildman–Crippen LogP) is 5.13. The summed E-state index contributed by atoms with van der Waals surface area (Å²) in [6.07, 6.45) is 5.09. The summed E-state index contributed by atoms with van der Waals surface area (Å²) in [4.78, 5) is 21.0. The van der Waals surface area contributed by atoms with E-state index in [9.17, 15) is 4.79 Å². The van der Waals surface area contributed by atoms with Crippen molar-refractivity contribution in [1.82, 2.24) is 15.3 Å². The van der Waals surface area contributed by atoms with Crippen LogP contribution in [-0.4, -0.2) is 15.9 Å². The van der Waals surface area contributed by atoms with Gasteiger partial charge in [-0.3, -0.25) is 9.78 Å². The Bertz CT molecular complexity index is 1170. The maximum atomic E-state index is 12.8. The number of hydrogen-bond acceptors (Lipinski definition) is 5. The minimum atomic E-state index is -0.189. The molecule has 4 aromatic rings. The SMILES string of the molecule is CC(NC(=O)c1ccnc(OCc2ccccc2)c1)c1ccc(OCc2cccnc2)cc1. The molecule has 1 N–H and O–H groups in total. The first-order valence-electron chi connectivity index (χ1n) is 10.7. The van der Waals surface area contributed by atoms with E-state index in [4.69, 9.17) is 9.47 Å². The molecule has 0 bridgehead atoms. The van der Waals surface area contributed by atoms with E-state index in [0.29, 0.717) is 24.7 Å². The lowest BCUT2D eigenvalue weighted by Gasteiger charge is -2.15. The maximum Gasteiger partial charge on any atom is 0.252 e. The van der Waals surface area contributed by atoms with Crippen LogP contribution in [0.5, 0.6) is 11.6 Å². The molecule has 0 saturated carbocycles. The van der Waals surface area contributed by atoms with Gasteiger partial charge in [0.2, 0.25) is 5.88 Å². The van der Waals surface area contributed by atoms with Gasteiger partial charge >= 0.3 is 0 Å². The molecule has 1 unspecified atom stereocenters. The third-order valence-electron chi connectivity index (χ3n) is 5.08. The standard InChI is InChI=1S/C27H25N3O3/c1-20(23-9-11-25(12-10-23)32-19-22-8-5-14-28-17-22)30-27(31)24-13-15-29-26(16-24)33-18-21-6-3-2-4-7-21/h2-17,20H,18-19H2,1H3,(H,30,31). The van der Waals surface area contributed by atoms with Gasteiger partial charge in [-0.25, -0.2) is 4.98 Å². The molecule has 0 spiro atoms. The van der Waals surface area contributed by atoms with E-state index in [1.54, 1.807) is 30.7 Å². The van der Waals surface area contributed by atoms with E-state index < -0.39 is 0 Å². The summed E-state index contributed by atoms with van der Waals surface area (Å²) in [6.45, 7) is 2.79. The summed E-state index contributed by atoms with van der Waals surface area (Å²) in [5, 5.41) is 3.02. The Morgan fingerprint density at radius 2 is 1.64 bits per heavy atom. The Morgan fingerprint density at radius 3 is 2.39 bits per heavy atom. The highest BCUT2D eigenvalue weighted by atomic mass is 16.5. The number of rotatable bonds is 9. The molecule has 1 amide bonds. The Kier molecular flexibility index (Phi) is 7.28. The predicted molar refractivity (Wildman–Crippen MR) is 126 cm³/mol. The van der Waals surface area contributed by atoms with Crippen molar-refractivity contribution in [2.24, 2.45) is 0 Å². The third-order valence-corrected chi connectivity index (χ3v) is 5.08. The van der Waals surface area contributed by atoms with E-state index in [-0.39, 0.29) is 11.9 Å². The number of nitrogens with one attached hydrogen (secondary N) is 1. The molecule has 6 nitrogen and oxygen atoms in total. The Hall–Kier alpha value is -4.19. The average Bonchev–Trinajstić information content (AvgIpc) is 2.88. The molecule has 6 heteroatoms. The molecule has 1 atom stereocenters. The van der Waals surface area contributed by atoms with Crippen LogP contribution in [0.1, 0.15) is 40.0 Å². The number of aromatic nitrogens is 2. The van der Waals surface area contributed by atoms with Crippen molar-refractivity contribution in [3.8, 4) is 11.6 Å². The quantitative estimate of drug-likeness (QED) is 0.392. The zero-order valence-electron chi connectivity index (χ0n) is 18.3. The van der Waals surface area contributed by atoms with Crippen LogP contribution < -0.4 is 14.8 Å². The van der Waals surface area contributed by atoms with Crippen LogP contribution in [0.25, 0.3) is 0 Å². The summed E-state index contributed by atoms with van der Waals surface area (Å²) in [5.74, 6) is 0.983. The fraction of sp³-hybridized carbons (Fsp3) is 0.148. The van der Waals surface area contributed by atoms with Crippen LogP contribution in [0, 0.1) is 0 Å². The van der Waals surface area contributed by atoms with Crippen molar-refractivity contribution in [2.45, 2.75) is 26.2 Å². The highest BCUT2D eigenvalue weighted by molar-refractivity contribution is 5.94. The molecule has 0 aliphatic rings.